The van der Waals surface area contributed by atoms with Crippen molar-refractivity contribution < 1.29 is 13.2 Å². The first kappa shape index (κ1) is 19.4. The normalized spacial score (nSPS) is 12.3. The summed E-state index contributed by atoms with van der Waals surface area (Å²) in [6, 6.07) is 2.95. The largest absolute Gasteiger partial charge is 0.347 e. The Balaban J connectivity index is 2.27. The van der Waals surface area contributed by atoms with Crippen molar-refractivity contribution in [2.45, 2.75) is 47.2 Å². The van der Waals surface area contributed by atoms with Crippen LogP contribution in [0, 0.1) is 18.2 Å². The zero-order valence-corrected chi connectivity index (χ0v) is 15.9. The second-order valence-electron chi connectivity index (χ2n) is 7.91. The van der Waals surface area contributed by atoms with Crippen LogP contribution in [-0.4, -0.2) is 14.5 Å². The third-order valence-electron chi connectivity index (χ3n) is 4.35. The summed E-state index contributed by atoms with van der Waals surface area (Å²) in [6.07, 6.45) is 0.339. The number of aromatic nitrogens is 3. The maximum Gasteiger partial charge on any atom is 0.281 e. The maximum atomic E-state index is 14.9. The van der Waals surface area contributed by atoms with Crippen molar-refractivity contribution in [3.05, 3.63) is 47.4 Å². The minimum absolute atomic E-state index is 0.00723. The zero-order chi connectivity index (χ0) is 19.9. The van der Waals surface area contributed by atoms with Gasteiger partial charge in [0.15, 0.2) is 0 Å². The number of hydrogen-bond donors (Lipinski definition) is 1. The van der Waals surface area contributed by atoms with Crippen LogP contribution in [0.4, 0.5) is 13.2 Å². The van der Waals surface area contributed by atoms with E-state index in [0.29, 0.717) is 11.9 Å². The van der Waals surface area contributed by atoms with Crippen molar-refractivity contribution in [1.82, 2.24) is 14.5 Å². The van der Waals surface area contributed by atoms with Gasteiger partial charge in [0.1, 0.15) is 17.3 Å². The van der Waals surface area contributed by atoms with Gasteiger partial charge in [-0.25, -0.2) is 23.1 Å². The first-order valence-corrected chi connectivity index (χ1v) is 8.74. The molecule has 2 heterocycles. The fourth-order valence-corrected chi connectivity index (χ4v) is 3.26. The van der Waals surface area contributed by atoms with Gasteiger partial charge < -0.3 is 10.3 Å². The lowest BCUT2D eigenvalue weighted by Gasteiger charge is -2.20. The summed E-state index contributed by atoms with van der Waals surface area (Å²) in [5.41, 5.74) is 6.97. The van der Waals surface area contributed by atoms with Crippen LogP contribution in [0.15, 0.2) is 24.5 Å². The standard InChI is InChI=1S/C20H23F3N4/c1-11-25-8-15(18(26-11)19(22)23)14-6-17-13(5-16(14)21)12(7-24)9-27(17)10-20(2,3)4/h5-6,8-9,19H,7,10,24H2,1-4H3. The van der Waals surface area contributed by atoms with Crippen LogP contribution in [0.2, 0.25) is 0 Å². The highest BCUT2D eigenvalue weighted by Gasteiger charge is 2.22. The minimum Gasteiger partial charge on any atom is -0.347 e. The van der Waals surface area contributed by atoms with Crippen LogP contribution in [0.25, 0.3) is 22.0 Å². The number of alkyl halides is 2. The molecule has 0 aliphatic rings. The molecule has 1 aromatic carbocycles. The minimum atomic E-state index is -2.82. The molecule has 0 aliphatic heterocycles. The van der Waals surface area contributed by atoms with E-state index in [-0.39, 0.29) is 28.9 Å². The third kappa shape index (κ3) is 3.83. The highest BCUT2D eigenvalue weighted by Crippen LogP contribution is 2.35. The van der Waals surface area contributed by atoms with Gasteiger partial charge in [-0.2, -0.15) is 0 Å². The van der Waals surface area contributed by atoms with Gasteiger partial charge in [-0.1, -0.05) is 20.8 Å². The molecule has 0 saturated carbocycles. The fourth-order valence-electron chi connectivity index (χ4n) is 3.26. The molecule has 3 aromatic rings. The number of aryl methyl sites for hydroxylation is 1. The first-order valence-electron chi connectivity index (χ1n) is 8.74. The number of benzene rings is 1. The zero-order valence-electron chi connectivity index (χ0n) is 15.9. The summed E-state index contributed by atoms with van der Waals surface area (Å²) in [7, 11) is 0. The summed E-state index contributed by atoms with van der Waals surface area (Å²) in [6.45, 7) is 8.75. The summed E-state index contributed by atoms with van der Waals surface area (Å²) < 4.78 is 43.8. The molecule has 2 aromatic heterocycles. The molecule has 0 atom stereocenters. The van der Waals surface area contributed by atoms with E-state index in [2.05, 4.69) is 30.7 Å². The predicted molar refractivity (Wildman–Crippen MR) is 100.0 cm³/mol. The molecule has 0 spiro atoms. The predicted octanol–water partition coefficient (Wildman–Crippen LogP) is 4.99. The van der Waals surface area contributed by atoms with Crippen LogP contribution in [-0.2, 0) is 13.1 Å². The Bertz CT molecular complexity index is 987. The Labute approximate surface area is 156 Å². The second kappa shape index (κ2) is 6.96. The maximum absolute atomic E-state index is 14.9. The Kier molecular flexibility index (Phi) is 4.99. The van der Waals surface area contributed by atoms with E-state index in [9.17, 15) is 13.2 Å². The molecule has 0 unspecified atom stereocenters. The fraction of sp³-hybridized carbons (Fsp3) is 0.400. The number of rotatable bonds is 4. The van der Waals surface area contributed by atoms with Crippen LogP contribution in [0.1, 0.15) is 44.3 Å². The summed E-state index contributed by atoms with van der Waals surface area (Å²) in [5, 5.41) is 0.689. The molecule has 0 saturated heterocycles. The number of halogens is 3. The molecule has 0 bridgehead atoms. The molecule has 0 amide bonds. The average Bonchev–Trinajstić information content (AvgIpc) is 2.89. The van der Waals surface area contributed by atoms with Gasteiger partial charge in [0, 0.05) is 47.5 Å². The Morgan fingerprint density at radius 1 is 1.19 bits per heavy atom. The summed E-state index contributed by atoms with van der Waals surface area (Å²) >= 11 is 0. The van der Waals surface area contributed by atoms with Crippen LogP contribution in [0.5, 0.6) is 0 Å². The van der Waals surface area contributed by atoms with Crippen molar-refractivity contribution in [2.24, 2.45) is 11.1 Å². The number of hydrogen-bond acceptors (Lipinski definition) is 3. The molecule has 0 radical (unpaired) electrons. The van der Waals surface area contributed by atoms with Gasteiger partial charge in [-0.3, -0.25) is 0 Å². The van der Waals surface area contributed by atoms with E-state index < -0.39 is 17.9 Å². The lowest BCUT2D eigenvalue weighted by Crippen LogP contribution is -2.14. The summed E-state index contributed by atoms with van der Waals surface area (Å²) in [4.78, 5) is 7.80. The molecule has 3 rings (SSSR count). The van der Waals surface area contributed by atoms with E-state index in [1.807, 2.05) is 10.8 Å². The third-order valence-corrected chi connectivity index (χ3v) is 4.35. The molecule has 27 heavy (non-hydrogen) atoms. The molecule has 0 aliphatic carbocycles. The lowest BCUT2D eigenvalue weighted by atomic mass is 9.96. The Morgan fingerprint density at radius 2 is 1.89 bits per heavy atom. The SMILES string of the molecule is Cc1ncc(-c2cc3c(cc2F)c(CN)cn3CC(C)(C)C)c(C(F)F)n1. The van der Waals surface area contributed by atoms with E-state index >= 15 is 0 Å². The van der Waals surface area contributed by atoms with Gasteiger partial charge in [0.25, 0.3) is 6.43 Å². The van der Waals surface area contributed by atoms with Crippen molar-refractivity contribution in [2.75, 3.05) is 0 Å². The van der Waals surface area contributed by atoms with Crippen molar-refractivity contribution in [1.29, 1.82) is 0 Å². The van der Waals surface area contributed by atoms with Gasteiger partial charge in [0.2, 0.25) is 0 Å². The highest BCUT2D eigenvalue weighted by molar-refractivity contribution is 5.89. The van der Waals surface area contributed by atoms with Gasteiger partial charge in [-0.15, -0.1) is 0 Å². The second-order valence-corrected chi connectivity index (χ2v) is 7.91. The number of nitrogens with zero attached hydrogens (tertiary/aromatic N) is 3. The smallest absolute Gasteiger partial charge is 0.281 e. The molecule has 2 N–H and O–H groups in total. The quantitative estimate of drug-likeness (QED) is 0.698. The van der Waals surface area contributed by atoms with Gasteiger partial charge >= 0.3 is 0 Å². The monoisotopic (exact) mass is 376 g/mol. The average molecular weight is 376 g/mol. The van der Waals surface area contributed by atoms with Crippen molar-refractivity contribution in [3.8, 4) is 11.1 Å². The topological polar surface area (TPSA) is 56.7 Å². The van der Waals surface area contributed by atoms with Crippen LogP contribution >= 0.6 is 0 Å². The van der Waals surface area contributed by atoms with Crippen LogP contribution in [0.3, 0.4) is 0 Å². The molecular weight excluding hydrogens is 353 g/mol. The first-order chi connectivity index (χ1) is 12.6. The highest BCUT2D eigenvalue weighted by atomic mass is 19.3. The molecular formula is C20H23F3N4. The Morgan fingerprint density at radius 3 is 2.48 bits per heavy atom. The van der Waals surface area contributed by atoms with E-state index in [1.165, 1.54) is 19.2 Å². The molecule has 0 fully saturated rings. The van der Waals surface area contributed by atoms with Crippen LogP contribution < -0.4 is 5.73 Å². The number of fused-ring (bicyclic) bond motifs is 1. The van der Waals surface area contributed by atoms with E-state index in [0.717, 1.165) is 11.1 Å². The number of nitrogens with two attached hydrogens (primary N) is 1. The van der Waals surface area contributed by atoms with E-state index in [4.69, 9.17) is 5.73 Å². The summed E-state index contributed by atoms with van der Waals surface area (Å²) in [5.74, 6) is -0.378. The van der Waals surface area contributed by atoms with Crippen molar-refractivity contribution in [3.63, 3.8) is 0 Å². The molecule has 4 nitrogen and oxygen atoms in total. The lowest BCUT2D eigenvalue weighted by molar-refractivity contribution is 0.146. The van der Waals surface area contributed by atoms with E-state index in [1.54, 1.807) is 6.07 Å². The molecule has 144 valence electrons. The van der Waals surface area contributed by atoms with Crippen molar-refractivity contribution >= 4 is 10.9 Å². The molecule has 7 heteroatoms. The van der Waals surface area contributed by atoms with Gasteiger partial charge in [0.05, 0.1) is 0 Å². The van der Waals surface area contributed by atoms with Gasteiger partial charge in [-0.05, 0) is 30.0 Å². The Hall–Kier alpha value is -2.41.